The molecule has 1 heterocycles. The summed E-state index contributed by atoms with van der Waals surface area (Å²) < 4.78 is 5.27. The van der Waals surface area contributed by atoms with E-state index in [0.29, 0.717) is 12.4 Å². The monoisotopic (exact) mass is 316 g/mol. The minimum atomic E-state index is 0.551. The maximum absolute atomic E-state index is 5.27. The molecule has 0 unspecified atom stereocenters. The van der Waals surface area contributed by atoms with Gasteiger partial charge in [0.25, 0.3) is 0 Å². The fraction of sp³-hybridized carbons (Fsp3) is 0.556. The van der Waals surface area contributed by atoms with Gasteiger partial charge < -0.3 is 15.4 Å². The number of methoxy groups -OCH3 is 1. The Kier molecular flexibility index (Phi) is 7.43. The second-order valence-corrected chi connectivity index (χ2v) is 5.65. The molecule has 5 heteroatoms. The second-order valence-electron chi connectivity index (χ2n) is 5.65. The molecule has 0 atom stereocenters. The molecule has 2 rings (SSSR count). The third kappa shape index (κ3) is 5.93. The Morgan fingerprint density at radius 2 is 2.26 bits per heavy atom. The van der Waals surface area contributed by atoms with Gasteiger partial charge in [-0.15, -0.1) is 0 Å². The third-order valence-electron chi connectivity index (χ3n) is 3.92. The van der Waals surface area contributed by atoms with E-state index in [-0.39, 0.29) is 0 Å². The second kappa shape index (κ2) is 9.87. The van der Waals surface area contributed by atoms with Crippen LogP contribution < -0.4 is 15.4 Å². The summed E-state index contributed by atoms with van der Waals surface area (Å²) >= 11 is 0. The van der Waals surface area contributed by atoms with Gasteiger partial charge in [-0.05, 0) is 45.1 Å². The third-order valence-corrected chi connectivity index (χ3v) is 3.92. The molecule has 0 saturated heterocycles. The van der Waals surface area contributed by atoms with Crippen LogP contribution in [-0.2, 0) is 6.54 Å². The van der Waals surface area contributed by atoms with Crippen molar-refractivity contribution in [3.05, 3.63) is 35.5 Å². The van der Waals surface area contributed by atoms with Crippen LogP contribution in [0.4, 0.5) is 0 Å². The Bertz CT molecular complexity index is 540. The number of pyridine rings is 1. The average Bonchev–Trinajstić information content (AvgIpc) is 2.61. The van der Waals surface area contributed by atoms with E-state index < -0.39 is 0 Å². The van der Waals surface area contributed by atoms with Gasteiger partial charge >= 0.3 is 0 Å². The minimum absolute atomic E-state index is 0.551. The van der Waals surface area contributed by atoms with E-state index in [0.717, 1.165) is 31.0 Å². The predicted octanol–water partition coefficient (Wildman–Crippen LogP) is 3.04. The lowest BCUT2D eigenvalue weighted by atomic mass is 9.97. The molecular weight excluding hydrogens is 288 g/mol. The molecule has 0 amide bonds. The van der Waals surface area contributed by atoms with Crippen LogP contribution in [-0.4, -0.2) is 31.1 Å². The van der Waals surface area contributed by atoms with Gasteiger partial charge in [0.15, 0.2) is 5.96 Å². The van der Waals surface area contributed by atoms with Crippen LogP contribution in [0.25, 0.3) is 0 Å². The van der Waals surface area contributed by atoms with Gasteiger partial charge in [0.1, 0.15) is 0 Å². The van der Waals surface area contributed by atoms with Gasteiger partial charge in [-0.25, -0.2) is 9.98 Å². The van der Waals surface area contributed by atoms with Gasteiger partial charge in [-0.3, -0.25) is 0 Å². The van der Waals surface area contributed by atoms with Crippen molar-refractivity contribution in [2.45, 2.75) is 45.6 Å². The van der Waals surface area contributed by atoms with Crippen LogP contribution >= 0.6 is 0 Å². The molecule has 1 aliphatic rings. The van der Waals surface area contributed by atoms with Crippen molar-refractivity contribution in [3.8, 4) is 5.88 Å². The number of hydrogen-bond acceptors (Lipinski definition) is 3. The first kappa shape index (κ1) is 17.3. The number of guanidine groups is 1. The average molecular weight is 316 g/mol. The van der Waals surface area contributed by atoms with Gasteiger partial charge in [-0.1, -0.05) is 17.7 Å². The van der Waals surface area contributed by atoms with Crippen LogP contribution in [0.1, 0.15) is 44.6 Å². The molecule has 23 heavy (non-hydrogen) atoms. The number of ether oxygens (including phenoxy) is 1. The number of allylic oxidation sites excluding steroid dienone is 1. The zero-order valence-corrected chi connectivity index (χ0v) is 14.3. The largest absolute Gasteiger partial charge is 0.481 e. The predicted molar refractivity (Wildman–Crippen MR) is 94.8 cm³/mol. The number of nitrogens with zero attached hydrogens (tertiary/aromatic N) is 2. The Labute approximate surface area is 139 Å². The van der Waals surface area contributed by atoms with E-state index in [1.165, 1.54) is 25.7 Å². The van der Waals surface area contributed by atoms with E-state index in [4.69, 9.17) is 4.74 Å². The molecule has 126 valence electrons. The lowest BCUT2D eigenvalue weighted by molar-refractivity contribution is 0.392. The van der Waals surface area contributed by atoms with Crippen LogP contribution in [0.2, 0.25) is 0 Å². The maximum Gasteiger partial charge on any atom is 0.218 e. The summed E-state index contributed by atoms with van der Waals surface area (Å²) in [6.45, 7) is 4.39. The van der Waals surface area contributed by atoms with Crippen molar-refractivity contribution in [1.82, 2.24) is 15.6 Å². The molecule has 0 saturated carbocycles. The van der Waals surface area contributed by atoms with Crippen LogP contribution in [0.15, 0.2) is 35.0 Å². The molecule has 0 bridgehead atoms. The van der Waals surface area contributed by atoms with Crippen LogP contribution in [0.5, 0.6) is 5.88 Å². The van der Waals surface area contributed by atoms with Gasteiger partial charge in [0, 0.05) is 24.8 Å². The number of aliphatic imine (C=N–C) groups is 1. The standard InChI is InChI=1S/C18H28N4O/c1-3-19-18(21-13-11-15-8-5-4-6-9-15)22-14-16-10-7-12-20-17(16)23-2/h7-8,10,12H,3-6,9,11,13-14H2,1-2H3,(H2,19,21,22). The van der Waals surface area contributed by atoms with Crippen LogP contribution in [0, 0.1) is 0 Å². The number of hydrogen-bond donors (Lipinski definition) is 2. The van der Waals surface area contributed by atoms with Crippen molar-refractivity contribution in [2.24, 2.45) is 4.99 Å². The van der Waals surface area contributed by atoms with Gasteiger partial charge in [0.2, 0.25) is 5.88 Å². The van der Waals surface area contributed by atoms with E-state index in [1.54, 1.807) is 18.9 Å². The van der Waals surface area contributed by atoms with E-state index in [2.05, 4.69) is 33.6 Å². The Morgan fingerprint density at radius 1 is 1.35 bits per heavy atom. The summed E-state index contributed by atoms with van der Waals surface area (Å²) in [4.78, 5) is 8.83. The number of nitrogens with one attached hydrogen (secondary N) is 2. The Hall–Kier alpha value is -2.04. The van der Waals surface area contributed by atoms with Crippen molar-refractivity contribution >= 4 is 5.96 Å². The highest BCUT2D eigenvalue weighted by Crippen LogP contribution is 2.19. The molecular formula is C18H28N4O. The molecule has 1 aliphatic carbocycles. The minimum Gasteiger partial charge on any atom is -0.481 e. The summed E-state index contributed by atoms with van der Waals surface area (Å²) in [5.74, 6) is 1.48. The lowest BCUT2D eigenvalue weighted by Crippen LogP contribution is -2.37. The Balaban J connectivity index is 1.87. The normalized spacial score (nSPS) is 15.0. The molecule has 0 aliphatic heterocycles. The summed E-state index contributed by atoms with van der Waals surface area (Å²) in [6, 6.07) is 3.90. The quantitative estimate of drug-likeness (QED) is 0.461. The number of aromatic nitrogens is 1. The fourth-order valence-corrected chi connectivity index (χ4v) is 2.71. The highest BCUT2D eigenvalue weighted by molar-refractivity contribution is 5.79. The first-order valence-electron chi connectivity index (χ1n) is 8.51. The highest BCUT2D eigenvalue weighted by Gasteiger charge is 2.05. The molecule has 0 aromatic carbocycles. The topological polar surface area (TPSA) is 58.5 Å². The highest BCUT2D eigenvalue weighted by atomic mass is 16.5. The summed E-state index contributed by atoms with van der Waals surface area (Å²) in [5.41, 5.74) is 2.57. The molecule has 0 fully saturated rings. The van der Waals surface area contributed by atoms with Crippen LogP contribution in [0.3, 0.4) is 0 Å². The van der Waals surface area contributed by atoms with E-state index >= 15 is 0 Å². The zero-order chi connectivity index (χ0) is 16.3. The van der Waals surface area contributed by atoms with Gasteiger partial charge in [-0.2, -0.15) is 0 Å². The van der Waals surface area contributed by atoms with Crippen molar-refractivity contribution in [3.63, 3.8) is 0 Å². The first-order valence-corrected chi connectivity index (χ1v) is 8.51. The van der Waals surface area contributed by atoms with Crippen molar-refractivity contribution in [1.29, 1.82) is 0 Å². The van der Waals surface area contributed by atoms with E-state index in [9.17, 15) is 0 Å². The lowest BCUT2D eigenvalue weighted by Gasteiger charge is -2.15. The molecule has 0 radical (unpaired) electrons. The summed E-state index contributed by atoms with van der Waals surface area (Å²) in [5, 5.41) is 6.70. The van der Waals surface area contributed by atoms with Crippen molar-refractivity contribution < 1.29 is 4.74 Å². The molecule has 5 nitrogen and oxygen atoms in total. The van der Waals surface area contributed by atoms with E-state index in [1.807, 2.05) is 12.1 Å². The fourth-order valence-electron chi connectivity index (χ4n) is 2.71. The molecule has 2 N–H and O–H groups in total. The first-order chi connectivity index (χ1) is 11.3. The summed E-state index contributed by atoms with van der Waals surface area (Å²) in [7, 11) is 1.64. The van der Waals surface area contributed by atoms with Gasteiger partial charge in [0.05, 0.1) is 13.7 Å². The Morgan fingerprint density at radius 3 is 3.00 bits per heavy atom. The zero-order valence-electron chi connectivity index (χ0n) is 14.3. The van der Waals surface area contributed by atoms with Crippen molar-refractivity contribution in [2.75, 3.05) is 20.2 Å². The molecule has 0 spiro atoms. The SMILES string of the molecule is CCNC(=NCc1cccnc1OC)NCCC1=CCCCC1. The number of rotatable bonds is 7. The smallest absolute Gasteiger partial charge is 0.218 e. The molecule has 1 aromatic heterocycles. The maximum atomic E-state index is 5.27. The summed E-state index contributed by atoms with van der Waals surface area (Å²) in [6.07, 6.45) is 10.4. The molecule has 1 aromatic rings.